The molecule has 0 saturated carbocycles. The number of ether oxygens (including phenoxy) is 1. The number of hydrogen-bond acceptors (Lipinski definition) is 4. The van der Waals surface area contributed by atoms with Gasteiger partial charge < -0.3 is 14.2 Å². The van der Waals surface area contributed by atoms with Crippen molar-refractivity contribution in [1.82, 2.24) is 14.4 Å². The van der Waals surface area contributed by atoms with Crippen LogP contribution < -0.4 is 4.74 Å². The van der Waals surface area contributed by atoms with E-state index in [0.717, 1.165) is 67.9 Å². The minimum absolute atomic E-state index is 0.0805. The van der Waals surface area contributed by atoms with Gasteiger partial charge in [0.2, 0.25) is 0 Å². The van der Waals surface area contributed by atoms with Gasteiger partial charge in [-0.3, -0.25) is 9.69 Å². The average Bonchev–Trinajstić information content (AvgIpc) is 3.19. The lowest BCUT2D eigenvalue weighted by molar-refractivity contribution is 0.101. The van der Waals surface area contributed by atoms with Crippen molar-refractivity contribution in [3.8, 4) is 5.75 Å². The van der Waals surface area contributed by atoms with Crippen LogP contribution in [0.5, 0.6) is 5.75 Å². The fraction of sp³-hybridized carbons (Fsp3) is 0.423. The minimum Gasteiger partial charge on any atom is -0.496 e. The highest BCUT2D eigenvalue weighted by Gasteiger charge is 2.22. The molecule has 31 heavy (non-hydrogen) atoms. The maximum absolute atomic E-state index is 12.2. The number of rotatable bonds is 8. The van der Waals surface area contributed by atoms with E-state index in [1.54, 1.807) is 14.0 Å². The quantitative estimate of drug-likeness (QED) is 0.499. The number of ketones is 1. The molecule has 2 heterocycles. The molecular formula is C26H33N3O2. The predicted octanol–water partition coefficient (Wildman–Crippen LogP) is 4.62. The molecule has 3 aromatic rings. The smallest absolute Gasteiger partial charge is 0.162 e. The molecule has 1 saturated heterocycles. The predicted molar refractivity (Wildman–Crippen MR) is 126 cm³/mol. The summed E-state index contributed by atoms with van der Waals surface area (Å²) >= 11 is 0. The third-order valence-electron chi connectivity index (χ3n) is 6.58. The largest absolute Gasteiger partial charge is 0.496 e. The van der Waals surface area contributed by atoms with Crippen molar-refractivity contribution in [3.05, 3.63) is 65.9 Å². The summed E-state index contributed by atoms with van der Waals surface area (Å²) in [6.07, 6.45) is 3.06. The molecule has 0 N–H and O–H groups in total. The number of aryl methyl sites for hydroxylation is 1. The van der Waals surface area contributed by atoms with E-state index in [9.17, 15) is 4.79 Å². The highest BCUT2D eigenvalue weighted by molar-refractivity contribution is 6.09. The van der Waals surface area contributed by atoms with Crippen LogP contribution in [0.4, 0.5) is 0 Å². The maximum Gasteiger partial charge on any atom is 0.162 e. The SMILES string of the molecule is COc1cccc2c1c(C(C)=O)cn2CCCN1CCN(C(C)c2ccccc2)CC1. The Morgan fingerprint density at radius 1 is 1.00 bits per heavy atom. The molecular weight excluding hydrogens is 386 g/mol. The van der Waals surface area contributed by atoms with Gasteiger partial charge in [0.15, 0.2) is 5.78 Å². The number of benzene rings is 2. The highest BCUT2D eigenvalue weighted by atomic mass is 16.5. The summed E-state index contributed by atoms with van der Waals surface area (Å²) in [4.78, 5) is 17.3. The summed E-state index contributed by atoms with van der Waals surface area (Å²) in [5.74, 6) is 0.849. The number of hydrogen-bond donors (Lipinski definition) is 0. The van der Waals surface area contributed by atoms with E-state index in [4.69, 9.17) is 4.74 Å². The zero-order valence-corrected chi connectivity index (χ0v) is 18.9. The Kier molecular flexibility index (Phi) is 6.73. The van der Waals surface area contributed by atoms with Gasteiger partial charge in [-0.2, -0.15) is 0 Å². The van der Waals surface area contributed by atoms with Gasteiger partial charge in [-0.15, -0.1) is 0 Å². The van der Waals surface area contributed by atoms with Crippen molar-refractivity contribution >= 4 is 16.7 Å². The zero-order valence-electron chi connectivity index (χ0n) is 18.9. The van der Waals surface area contributed by atoms with Gasteiger partial charge in [-0.05, 0) is 44.5 Å². The molecule has 1 aromatic heterocycles. The van der Waals surface area contributed by atoms with Crippen LogP contribution in [0.1, 0.15) is 42.2 Å². The first-order chi connectivity index (χ1) is 15.1. The number of nitrogens with zero attached hydrogens (tertiary/aromatic N) is 3. The summed E-state index contributed by atoms with van der Waals surface area (Å²) in [6, 6.07) is 17.2. The normalized spacial score (nSPS) is 16.5. The molecule has 1 aliphatic rings. The Bertz CT molecular complexity index is 1020. The number of fused-ring (bicyclic) bond motifs is 1. The van der Waals surface area contributed by atoms with Gasteiger partial charge >= 0.3 is 0 Å². The van der Waals surface area contributed by atoms with Crippen molar-refractivity contribution in [2.45, 2.75) is 32.9 Å². The number of carbonyl (C=O) groups is 1. The molecule has 4 rings (SSSR count). The minimum atomic E-state index is 0.0805. The lowest BCUT2D eigenvalue weighted by Gasteiger charge is -2.38. The van der Waals surface area contributed by atoms with Crippen LogP contribution in [0.3, 0.4) is 0 Å². The van der Waals surface area contributed by atoms with Crippen molar-refractivity contribution in [3.63, 3.8) is 0 Å². The molecule has 0 amide bonds. The Hall–Kier alpha value is -2.63. The van der Waals surface area contributed by atoms with Crippen LogP contribution in [-0.2, 0) is 6.54 Å². The van der Waals surface area contributed by atoms with Crippen LogP contribution in [0.2, 0.25) is 0 Å². The fourth-order valence-electron chi connectivity index (χ4n) is 4.72. The van der Waals surface area contributed by atoms with Crippen LogP contribution in [0.25, 0.3) is 10.9 Å². The Morgan fingerprint density at radius 2 is 1.74 bits per heavy atom. The Morgan fingerprint density at radius 3 is 2.42 bits per heavy atom. The molecule has 1 aliphatic heterocycles. The van der Waals surface area contributed by atoms with Crippen LogP contribution in [0, 0.1) is 0 Å². The molecule has 1 unspecified atom stereocenters. The molecule has 0 bridgehead atoms. The second-order valence-corrected chi connectivity index (χ2v) is 8.46. The summed E-state index contributed by atoms with van der Waals surface area (Å²) in [5, 5.41) is 0.931. The molecule has 1 atom stereocenters. The van der Waals surface area contributed by atoms with Crippen molar-refractivity contribution < 1.29 is 9.53 Å². The third kappa shape index (κ3) is 4.68. The molecule has 5 heteroatoms. The lowest BCUT2D eigenvalue weighted by atomic mass is 10.1. The van der Waals surface area contributed by atoms with Gasteiger partial charge in [0, 0.05) is 50.5 Å². The van der Waals surface area contributed by atoms with Gasteiger partial charge in [0.25, 0.3) is 0 Å². The second kappa shape index (κ2) is 9.67. The number of aromatic nitrogens is 1. The lowest BCUT2D eigenvalue weighted by Crippen LogP contribution is -2.47. The first kappa shape index (κ1) is 21.6. The maximum atomic E-state index is 12.2. The van der Waals surface area contributed by atoms with Gasteiger partial charge in [0.1, 0.15) is 5.75 Å². The number of Topliss-reactive ketones (excluding diaryl/α,β-unsaturated/α-hetero) is 1. The van der Waals surface area contributed by atoms with Crippen molar-refractivity contribution in [2.75, 3.05) is 39.8 Å². The highest BCUT2D eigenvalue weighted by Crippen LogP contribution is 2.31. The summed E-state index contributed by atoms with van der Waals surface area (Å²) in [5.41, 5.74) is 3.22. The number of methoxy groups -OCH3 is 1. The average molecular weight is 420 g/mol. The Balaban J connectivity index is 1.33. The van der Waals surface area contributed by atoms with Gasteiger partial charge in [-0.1, -0.05) is 36.4 Å². The zero-order chi connectivity index (χ0) is 21.8. The van der Waals surface area contributed by atoms with E-state index in [0.29, 0.717) is 6.04 Å². The van der Waals surface area contributed by atoms with Crippen LogP contribution in [0.15, 0.2) is 54.7 Å². The second-order valence-electron chi connectivity index (χ2n) is 8.46. The molecule has 0 radical (unpaired) electrons. The number of piperazine rings is 1. The van der Waals surface area contributed by atoms with E-state index in [2.05, 4.69) is 57.7 Å². The van der Waals surface area contributed by atoms with E-state index < -0.39 is 0 Å². The fourth-order valence-corrected chi connectivity index (χ4v) is 4.72. The van der Waals surface area contributed by atoms with Crippen molar-refractivity contribution in [2.24, 2.45) is 0 Å². The Labute approximate surface area is 185 Å². The summed E-state index contributed by atoms with van der Waals surface area (Å²) in [7, 11) is 1.66. The molecule has 0 aliphatic carbocycles. The van der Waals surface area contributed by atoms with Crippen LogP contribution in [-0.4, -0.2) is 60.0 Å². The monoisotopic (exact) mass is 419 g/mol. The third-order valence-corrected chi connectivity index (χ3v) is 6.58. The topological polar surface area (TPSA) is 37.7 Å². The summed E-state index contributed by atoms with van der Waals surface area (Å²) in [6.45, 7) is 10.3. The first-order valence-corrected chi connectivity index (χ1v) is 11.3. The van der Waals surface area contributed by atoms with Gasteiger partial charge in [0.05, 0.1) is 18.0 Å². The van der Waals surface area contributed by atoms with E-state index in [1.165, 1.54) is 5.56 Å². The number of carbonyl (C=O) groups excluding carboxylic acids is 1. The van der Waals surface area contributed by atoms with Crippen LogP contribution >= 0.6 is 0 Å². The standard InChI is InChI=1S/C26H33N3O2/c1-20(22-9-5-4-6-10-22)28-17-15-27(16-18-28)13-8-14-29-19-23(21(2)30)26-24(29)11-7-12-25(26)31-3/h4-7,9-12,19-20H,8,13-18H2,1-3H3. The summed E-state index contributed by atoms with van der Waals surface area (Å²) < 4.78 is 7.72. The molecule has 1 fully saturated rings. The molecule has 2 aromatic carbocycles. The van der Waals surface area contributed by atoms with E-state index >= 15 is 0 Å². The van der Waals surface area contributed by atoms with Crippen molar-refractivity contribution in [1.29, 1.82) is 0 Å². The van der Waals surface area contributed by atoms with E-state index in [-0.39, 0.29) is 5.78 Å². The molecule has 0 spiro atoms. The first-order valence-electron chi connectivity index (χ1n) is 11.3. The molecule has 164 valence electrons. The molecule has 5 nitrogen and oxygen atoms in total. The van der Waals surface area contributed by atoms with E-state index in [1.807, 2.05) is 18.3 Å². The van der Waals surface area contributed by atoms with Gasteiger partial charge in [-0.25, -0.2) is 0 Å².